The van der Waals surface area contributed by atoms with Crippen LogP contribution >= 0.6 is 0 Å². The first-order valence-electron chi connectivity index (χ1n) is 8.78. The monoisotopic (exact) mass is 370 g/mol. The minimum atomic E-state index is -0.357. The molecule has 0 radical (unpaired) electrons. The van der Waals surface area contributed by atoms with Gasteiger partial charge in [0.25, 0.3) is 11.5 Å². The van der Waals surface area contributed by atoms with E-state index in [1.807, 2.05) is 0 Å². The van der Waals surface area contributed by atoms with Crippen LogP contribution in [0.15, 0.2) is 45.7 Å². The van der Waals surface area contributed by atoms with Crippen molar-refractivity contribution in [1.29, 1.82) is 0 Å². The van der Waals surface area contributed by atoms with E-state index < -0.39 is 0 Å². The number of benzene rings is 1. The second-order valence-electron chi connectivity index (χ2n) is 6.56. The molecule has 0 unspecified atom stereocenters. The molecule has 1 fully saturated rings. The average Bonchev–Trinajstić information content (AvgIpc) is 3.01. The fourth-order valence-electron chi connectivity index (χ4n) is 3.40. The Hall–Kier alpha value is -2.93. The molecular formula is C20H19FN2O4. The molecule has 0 bridgehead atoms. The molecule has 1 amide bonds. The Bertz CT molecular complexity index is 1060. The molecule has 27 heavy (non-hydrogen) atoms. The van der Waals surface area contributed by atoms with E-state index in [9.17, 15) is 14.0 Å². The third kappa shape index (κ3) is 3.26. The zero-order valence-electron chi connectivity index (χ0n) is 14.9. The summed E-state index contributed by atoms with van der Waals surface area (Å²) in [6.45, 7) is 3.81. The second-order valence-corrected chi connectivity index (χ2v) is 6.56. The molecular weight excluding hydrogens is 351 g/mol. The van der Waals surface area contributed by atoms with Crippen molar-refractivity contribution in [3.63, 3.8) is 0 Å². The predicted molar refractivity (Wildman–Crippen MR) is 97.4 cm³/mol. The molecule has 1 aliphatic rings. The van der Waals surface area contributed by atoms with E-state index in [4.69, 9.17) is 9.15 Å². The summed E-state index contributed by atoms with van der Waals surface area (Å²) >= 11 is 0. The molecule has 1 aromatic carbocycles. The summed E-state index contributed by atoms with van der Waals surface area (Å²) in [7, 11) is 0. The summed E-state index contributed by atoms with van der Waals surface area (Å²) < 4.78 is 25.9. The minimum absolute atomic E-state index is 0.210. The number of halogens is 1. The van der Waals surface area contributed by atoms with Crippen LogP contribution < -0.4 is 5.56 Å². The maximum Gasteiger partial charge on any atom is 0.262 e. The largest absolute Gasteiger partial charge is 0.460 e. The van der Waals surface area contributed by atoms with Crippen LogP contribution in [-0.2, 0) is 11.3 Å². The van der Waals surface area contributed by atoms with Gasteiger partial charge in [0.15, 0.2) is 0 Å². The second kappa shape index (κ2) is 7.00. The van der Waals surface area contributed by atoms with Gasteiger partial charge in [-0.05, 0) is 30.7 Å². The molecule has 0 saturated carbocycles. The van der Waals surface area contributed by atoms with Crippen LogP contribution in [0.1, 0.15) is 21.7 Å². The quantitative estimate of drug-likeness (QED) is 0.711. The number of nitrogens with zero attached hydrogens (tertiary/aromatic N) is 2. The highest BCUT2D eigenvalue weighted by atomic mass is 19.1. The lowest BCUT2D eigenvalue weighted by Crippen LogP contribution is -2.41. The third-order valence-corrected chi connectivity index (χ3v) is 4.75. The first kappa shape index (κ1) is 17.5. The number of fused-ring (bicyclic) bond motifs is 1. The van der Waals surface area contributed by atoms with Gasteiger partial charge in [-0.1, -0.05) is 12.1 Å². The third-order valence-electron chi connectivity index (χ3n) is 4.75. The van der Waals surface area contributed by atoms with E-state index in [2.05, 4.69) is 0 Å². The lowest BCUT2D eigenvalue weighted by Gasteiger charge is -2.26. The average molecular weight is 370 g/mol. The van der Waals surface area contributed by atoms with Crippen LogP contribution in [0, 0.1) is 12.7 Å². The summed E-state index contributed by atoms with van der Waals surface area (Å²) in [5, 5.41) is 0.267. The number of aryl methyl sites for hydroxylation is 1. The number of aromatic nitrogens is 1. The number of morpholine rings is 1. The summed E-state index contributed by atoms with van der Waals surface area (Å²) in [5.41, 5.74) is 1.01. The molecule has 1 aliphatic heterocycles. The van der Waals surface area contributed by atoms with Crippen molar-refractivity contribution < 1.29 is 18.3 Å². The number of amides is 1. The van der Waals surface area contributed by atoms with E-state index in [-0.39, 0.29) is 29.2 Å². The van der Waals surface area contributed by atoms with Gasteiger partial charge in [0.2, 0.25) is 0 Å². The van der Waals surface area contributed by atoms with Crippen molar-refractivity contribution in [1.82, 2.24) is 9.47 Å². The standard InChI is InChI=1S/C20H19FN2O4/c1-13-17(19(24)22-7-9-26-10-8-22)18-16(27-13)5-6-23(20(18)25)12-14-3-2-4-15(21)11-14/h2-6,11H,7-10,12H2,1H3. The summed E-state index contributed by atoms with van der Waals surface area (Å²) in [6.07, 6.45) is 1.60. The SMILES string of the molecule is Cc1oc2ccn(Cc3cccc(F)c3)c(=O)c2c1C(=O)N1CCOCC1. The summed E-state index contributed by atoms with van der Waals surface area (Å²) in [4.78, 5) is 27.7. The highest BCUT2D eigenvalue weighted by Gasteiger charge is 2.27. The molecule has 7 heteroatoms. The molecule has 3 heterocycles. The number of carbonyl (C=O) groups is 1. The molecule has 2 aromatic heterocycles. The van der Waals surface area contributed by atoms with Gasteiger partial charge in [0.05, 0.1) is 30.7 Å². The Morgan fingerprint density at radius 2 is 2.00 bits per heavy atom. The molecule has 6 nitrogen and oxygen atoms in total. The van der Waals surface area contributed by atoms with Gasteiger partial charge in [0.1, 0.15) is 17.2 Å². The highest BCUT2D eigenvalue weighted by molar-refractivity contribution is 6.06. The topological polar surface area (TPSA) is 64.7 Å². The molecule has 4 rings (SSSR count). The smallest absolute Gasteiger partial charge is 0.262 e. The van der Waals surface area contributed by atoms with Crippen LogP contribution in [0.25, 0.3) is 11.0 Å². The first-order valence-corrected chi connectivity index (χ1v) is 8.78. The van der Waals surface area contributed by atoms with Gasteiger partial charge in [-0.15, -0.1) is 0 Å². The lowest BCUT2D eigenvalue weighted by molar-refractivity contribution is 0.0303. The van der Waals surface area contributed by atoms with E-state index >= 15 is 0 Å². The number of furan rings is 1. The molecule has 0 spiro atoms. The first-order chi connectivity index (χ1) is 13.0. The van der Waals surface area contributed by atoms with Crippen LogP contribution in [-0.4, -0.2) is 41.7 Å². The van der Waals surface area contributed by atoms with Crippen molar-refractivity contribution in [2.24, 2.45) is 0 Å². The normalized spacial score (nSPS) is 14.7. The van der Waals surface area contributed by atoms with Crippen LogP contribution in [0.4, 0.5) is 4.39 Å². The maximum absolute atomic E-state index is 13.4. The van der Waals surface area contributed by atoms with Gasteiger partial charge < -0.3 is 18.6 Å². The van der Waals surface area contributed by atoms with Gasteiger partial charge in [0, 0.05) is 19.3 Å². The number of ether oxygens (including phenoxy) is 1. The zero-order chi connectivity index (χ0) is 19.0. The van der Waals surface area contributed by atoms with Gasteiger partial charge in [-0.3, -0.25) is 9.59 Å². The Morgan fingerprint density at radius 3 is 2.74 bits per heavy atom. The van der Waals surface area contributed by atoms with E-state index in [1.165, 1.54) is 16.7 Å². The predicted octanol–water partition coefficient (Wildman–Crippen LogP) is 2.56. The number of pyridine rings is 1. The minimum Gasteiger partial charge on any atom is -0.460 e. The fourth-order valence-corrected chi connectivity index (χ4v) is 3.40. The Balaban J connectivity index is 1.77. The Kier molecular flexibility index (Phi) is 4.53. The Labute approximate surface area is 154 Å². The number of rotatable bonds is 3. The van der Waals surface area contributed by atoms with Crippen LogP contribution in [0.5, 0.6) is 0 Å². The van der Waals surface area contributed by atoms with Crippen molar-refractivity contribution >= 4 is 16.9 Å². The van der Waals surface area contributed by atoms with Crippen molar-refractivity contribution in [2.75, 3.05) is 26.3 Å². The zero-order valence-corrected chi connectivity index (χ0v) is 14.9. The van der Waals surface area contributed by atoms with E-state index in [0.29, 0.717) is 48.8 Å². The van der Waals surface area contributed by atoms with E-state index in [1.54, 1.807) is 36.2 Å². The molecule has 0 N–H and O–H groups in total. The molecule has 3 aromatic rings. The van der Waals surface area contributed by atoms with Gasteiger partial charge >= 0.3 is 0 Å². The van der Waals surface area contributed by atoms with Crippen molar-refractivity contribution in [3.05, 3.63) is 69.6 Å². The van der Waals surface area contributed by atoms with Crippen LogP contribution in [0.3, 0.4) is 0 Å². The van der Waals surface area contributed by atoms with Crippen molar-refractivity contribution in [3.8, 4) is 0 Å². The lowest BCUT2D eigenvalue weighted by atomic mass is 10.1. The number of hydrogen-bond acceptors (Lipinski definition) is 4. The van der Waals surface area contributed by atoms with Crippen LogP contribution in [0.2, 0.25) is 0 Å². The van der Waals surface area contributed by atoms with Crippen molar-refractivity contribution in [2.45, 2.75) is 13.5 Å². The fraction of sp³-hybridized carbons (Fsp3) is 0.300. The number of hydrogen-bond donors (Lipinski definition) is 0. The molecule has 0 aliphatic carbocycles. The number of carbonyl (C=O) groups excluding carboxylic acids is 1. The molecule has 0 atom stereocenters. The molecule has 140 valence electrons. The summed E-state index contributed by atoms with van der Waals surface area (Å²) in [6, 6.07) is 7.76. The Morgan fingerprint density at radius 1 is 1.22 bits per heavy atom. The molecule has 1 saturated heterocycles. The van der Waals surface area contributed by atoms with Gasteiger partial charge in [-0.25, -0.2) is 4.39 Å². The summed E-state index contributed by atoms with van der Waals surface area (Å²) in [5.74, 6) is -0.166. The van der Waals surface area contributed by atoms with E-state index in [0.717, 1.165) is 0 Å². The maximum atomic E-state index is 13.4. The van der Waals surface area contributed by atoms with Gasteiger partial charge in [-0.2, -0.15) is 0 Å². The highest BCUT2D eigenvalue weighted by Crippen LogP contribution is 2.24.